The molecule has 3 heteroatoms. The van der Waals surface area contributed by atoms with Crippen LogP contribution < -0.4 is 4.74 Å². The fourth-order valence-corrected chi connectivity index (χ4v) is 2.37. The molecule has 0 bridgehead atoms. The van der Waals surface area contributed by atoms with Crippen LogP contribution in [-0.2, 0) is 0 Å². The van der Waals surface area contributed by atoms with Gasteiger partial charge in [0.25, 0.3) is 0 Å². The molecule has 0 amide bonds. The first-order chi connectivity index (χ1) is 8.17. The van der Waals surface area contributed by atoms with Crippen LogP contribution in [0.5, 0.6) is 5.75 Å². The second-order valence-corrected chi connectivity index (χ2v) is 6.32. The highest BCUT2D eigenvalue weighted by Gasteiger charge is 2.07. The second kappa shape index (κ2) is 8.35. The Labute approximate surface area is 127 Å². The molecule has 0 saturated heterocycles. The van der Waals surface area contributed by atoms with Gasteiger partial charge in [-0.1, -0.05) is 33.1 Å². The third-order valence-corrected chi connectivity index (χ3v) is 5.26. The van der Waals surface area contributed by atoms with E-state index >= 15 is 0 Å². The zero-order chi connectivity index (χ0) is 12.7. The quantitative estimate of drug-likeness (QED) is 0.527. The van der Waals surface area contributed by atoms with Crippen LogP contribution in [0.25, 0.3) is 0 Å². The molecule has 0 aliphatic carbocycles. The predicted molar refractivity (Wildman–Crippen MR) is 85.7 cm³/mol. The average molecular weight is 411 g/mol. The standard InChI is InChI=1S/C14H20BrIO/c1-3-5-6-11(4-2)10-17-12-7-8-14(16)13(15)9-12/h7-9,11H,3-6,10H2,1-2H3. The number of hydrogen-bond acceptors (Lipinski definition) is 1. The van der Waals surface area contributed by atoms with Gasteiger partial charge in [-0.25, -0.2) is 0 Å². The Kier molecular flexibility index (Phi) is 7.51. The highest BCUT2D eigenvalue weighted by Crippen LogP contribution is 2.25. The lowest BCUT2D eigenvalue weighted by Gasteiger charge is -2.15. The summed E-state index contributed by atoms with van der Waals surface area (Å²) >= 11 is 5.83. The van der Waals surface area contributed by atoms with Crippen LogP contribution in [0.15, 0.2) is 22.7 Å². The molecule has 0 saturated carbocycles. The van der Waals surface area contributed by atoms with Gasteiger partial charge in [-0.05, 0) is 69.1 Å². The van der Waals surface area contributed by atoms with E-state index in [0.717, 1.165) is 16.8 Å². The fraction of sp³-hybridized carbons (Fsp3) is 0.571. The molecule has 1 unspecified atom stereocenters. The van der Waals surface area contributed by atoms with Gasteiger partial charge in [-0.3, -0.25) is 0 Å². The first kappa shape index (κ1) is 15.3. The number of benzene rings is 1. The van der Waals surface area contributed by atoms with Gasteiger partial charge in [0.05, 0.1) is 6.61 Å². The van der Waals surface area contributed by atoms with Crippen molar-refractivity contribution in [1.82, 2.24) is 0 Å². The molecule has 1 atom stereocenters. The Hall–Kier alpha value is 0.230. The van der Waals surface area contributed by atoms with Crippen molar-refractivity contribution >= 4 is 38.5 Å². The normalized spacial score (nSPS) is 12.5. The van der Waals surface area contributed by atoms with Crippen LogP contribution >= 0.6 is 38.5 Å². The molecule has 0 aliphatic heterocycles. The lowest BCUT2D eigenvalue weighted by molar-refractivity contribution is 0.233. The first-order valence-corrected chi connectivity index (χ1v) is 8.12. The summed E-state index contributed by atoms with van der Waals surface area (Å²) in [6.07, 6.45) is 5.05. The number of halogens is 2. The van der Waals surface area contributed by atoms with Crippen LogP contribution in [0, 0.1) is 9.49 Å². The van der Waals surface area contributed by atoms with Gasteiger partial charge < -0.3 is 4.74 Å². The molecule has 0 aliphatic rings. The van der Waals surface area contributed by atoms with E-state index in [1.54, 1.807) is 0 Å². The largest absolute Gasteiger partial charge is 0.493 e. The topological polar surface area (TPSA) is 9.23 Å². The maximum atomic E-state index is 5.86. The SMILES string of the molecule is CCCCC(CC)COc1ccc(I)c(Br)c1. The fourth-order valence-electron chi connectivity index (χ4n) is 1.68. The van der Waals surface area contributed by atoms with E-state index in [1.165, 1.54) is 29.3 Å². The smallest absolute Gasteiger partial charge is 0.120 e. The summed E-state index contributed by atoms with van der Waals surface area (Å²) in [6, 6.07) is 6.17. The van der Waals surface area contributed by atoms with Gasteiger partial charge in [0.1, 0.15) is 5.75 Å². The molecule has 17 heavy (non-hydrogen) atoms. The van der Waals surface area contributed by atoms with E-state index in [9.17, 15) is 0 Å². The number of unbranched alkanes of at least 4 members (excludes halogenated alkanes) is 1. The van der Waals surface area contributed by atoms with Crippen molar-refractivity contribution in [3.63, 3.8) is 0 Å². The highest BCUT2D eigenvalue weighted by molar-refractivity contribution is 14.1. The highest BCUT2D eigenvalue weighted by atomic mass is 127. The zero-order valence-electron chi connectivity index (χ0n) is 10.5. The summed E-state index contributed by atoms with van der Waals surface area (Å²) in [7, 11) is 0. The molecule has 1 nitrogen and oxygen atoms in total. The van der Waals surface area contributed by atoms with Crippen molar-refractivity contribution in [2.75, 3.05) is 6.61 Å². The molecule has 0 fully saturated rings. The van der Waals surface area contributed by atoms with Crippen molar-refractivity contribution < 1.29 is 4.74 Å². The monoisotopic (exact) mass is 410 g/mol. The molecule has 0 aromatic heterocycles. The Morgan fingerprint density at radius 1 is 1.35 bits per heavy atom. The maximum Gasteiger partial charge on any atom is 0.120 e. The van der Waals surface area contributed by atoms with E-state index in [2.05, 4.69) is 58.4 Å². The molecule has 0 heterocycles. The third kappa shape index (κ3) is 5.60. The Morgan fingerprint density at radius 2 is 2.12 bits per heavy atom. The van der Waals surface area contributed by atoms with Gasteiger partial charge in [0, 0.05) is 8.04 Å². The van der Waals surface area contributed by atoms with Gasteiger partial charge in [0.15, 0.2) is 0 Å². The molecule has 96 valence electrons. The second-order valence-electron chi connectivity index (χ2n) is 4.30. The zero-order valence-corrected chi connectivity index (χ0v) is 14.3. The molecule has 1 aromatic rings. The summed E-state index contributed by atoms with van der Waals surface area (Å²) in [6.45, 7) is 5.32. The van der Waals surface area contributed by atoms with Crippen LogP contribution in [0.4, 0.5) is 0 Å². The summed E-state index contributed by atoms with van der Waals surface area (Å²) in [4.78, 5) is 0. The lowest BCUT2D eigenvalue weighted by atomic mass is 10.0. The van der Waals surface area contributed by atoms with Crippen molar-refractivity contribution in [1.29, 1.82) is 0 Å². The third-order valence-electron chi connectivity index (χ3n) is 2.92. The predicted octanol–water partition coefficient (Wildman–Crippen LogP) is 5.65. The van der Waals surface area contributed by atoms with Crippen LogP contribution in [0.2, 0.25) is 0 Å². The van der Waals surface area contributed by atoms with Crippen LogP contribution in [0.1, 0.15) is 39.5 Å². The van der Waals surface area contributed by atoms with E-state index in [4.69, 9.17) is 4.74 Å². The Bertz CT molecular complexity index is 341. The van der Waals surface area contributed by atoms with E-state index in [-0.39, 0.29) is 0 Å². The summed E-state index contributed by atoms with van der Waals surface area (Å²) in [5.41, 5.74) is 0. The van der Waals surface area contributed by atoms with Gasteiger partial charge in [0.2, 0.25) is 0 Å². The lowest BCUT2D eigenvalue weighted by Crippen LogP contribution is -2.11. The maximum absolute atomic E-state index is 5.86. The van der Waals surface area contributed by atoms with Gasteiger partial charge in [-0.2, -0.15) is 0 Å². The van der Waals surface area contributed by atoms with Gasteiger partial charge in [-0.15, -0.1) is 0 Å². The van der Waals surface area contributed by atoms with Gasteiger partial charge >= 0.3 is 0 Å². The van der Waals surface area contributed by atoms with Crippen molar-refractivity contribution in [3.05, 3.63) is 26.2 Å². The number of ether oxygens (including phenoxy) is 1. The van der Waals surface area contributed by atoms with E-state index in [1.807, 2.05) is 12.1 Å². The summed E-state index contributed by atoms with van der Waals surface area (Å²) in [5, 5.41) is 0. The first-order valence-electron chi connectivity index (χ1n) is 6.25. The van der Waals surface area contributed by atoms with E-state index in [0.29, 0.717) is 5.92 Å². The van der Waals surface area contributed by atoms with Crippen molar-refractivity contribution in [3.8, 4) is 5.75 Å². The molecule has 0 spiro atoms. The van der Waals surface area contributed by atoms with Crippen molar-refractivity contribution in [2.24, 2.45) is 5.92 Å². The minimum atomic E-state index is 0.688. The van der Waals surface area contributed by atoms with E-state index < -0.39 is 0 Å². The minimum absolute atomic E-state index is 0.688. The number of hydrogen-bond donors (Lipinski definition) is 0. The summed E-state index contributed by atoms with van der Waals surface area (Å²) < 4.78 is 8.18. The number of rotatable bonds is 7. The molecule has 0 N–H and O–H groups in total. The molecule has 1 aromatic carbocycles. The minimum Gasteiger partial charge on any atom is -0.493 e. The molecular weight excluding hydrogens is 391 g/mol. The van der Waals surface area contributed by atoms with Crippen molar-refractivity contribution in [2.45, 2.75) is 39.5 Å². The molecule has 0 radical (unpaired) electrons. The summed E-state index contributed by atoms with van der Waals surface area (Å²) in [5.74, 6) is 1.65. The Balaban J connectivity index is 2.45. The molecule has 1 rings (SSSR count). The Morgan fingerprint density at radius 3 is 2.71 bits per heavy atom. The average Bonchev–Trinajstić information content (AvgIpc) is 2.34. The van der Waals surface area contributed by atoms with Crippen LogP contribution in [0.3, 0.4) is 0 Å². The van der Waals surface area contributed by atoms with Crippen LogP contribution in [-0.4, -0.2) is 6.61 Å². The molecular formula is C14H20BrIO.